The van der Waals surface area contributed by atoms with Gasteiger partial charge in [0.05, 0.1) is 34.2 Å². The van der Waals surface area contributed by atoms with Gasteiger partial charge in [-0.3, -0.25) is 19.1 Å². The number of pyridine rings is 1. The number of methoxy groups -OCH3 is 1. The average Bonchev–Trinajstić information content (AvgIpc) is 2.69. The van der Waals surface area contributed by atoms with Gasteiger partial charge in [-0.1, -0.05) is 23.2 Å². The van der Waals surface area contributed by atoms with Gasteiger partial charge in [-0.25, -0.2) is 4.98 Å². The summed E-state index contributed by atoms with van der Waals surface area (Å²) < 4.78 is 6.15. The number of nitrogens with two attached hydrogens (primary N) is 2. The van der Waals surface area contributed by atoms with E-state index in [0.29, 0.717) is 11.3 Å². The van der Waals surface area contributed by atoms with E-state index in [9.17, 15) is 9.59 Å². The molecule has 3 aromatic rings. The second-order valence-corrected chi connectivity index (χ2v) is 8.47. The van der Waals surface area contributed by atoms with E-state index >= 15 is 0 Å². The third-order valence-corrected chi connectivity index (χ3v) is 5.17. The quantitative estimate of drug-likeness (QED) is 0.496. The Morgan fingerprint density at radius 3 is 2.47 bits per heavy atom. The second-order valence-electron chi connectivity index (χ2n) is 7.66. The summed E-state index contributed by atoms with van der Waals surface area (Å²) in [7, 11) is 1.54. The minimum atomic E-state index is -0.758. The van der Waals surface area contributed by atoms with Crippen molar-refractivity contribution in [2.45, 2.75) is 26.0 Å². The molecule has 0 bridgehead atoms. The van der Waals surface area contributed by atoms with Crippen molar-refractivity contribution < 1.29 is 9.53 Å². The van der Waals surface area contributed by atoms with Crippen molar-refractivity contribution in [2.24, 2.45) is 5.73 Å². The van der Waals surface area contributed by atoms with Crippen LogP contribution in [0.3, 0.4) is 0 Å². The molecule has 0 spiro atoms. The number of nitrogen functional groups attached to an aromatic ring is 1. The van der Waals surface area contributed by atoms with E-state index in [0.717, 1.165) is 16.5 Å². The Balaban J connectivity index is 2.03. The summed E-state index contributed by atoms with van der Waals surface area (Å²) in [5.41, 5.74) is 12.1. The molecule has 11 heteroatoms. The highest BCUT2D eigenvalue weighted by molar-refractivity contribution is 6.37. The normalized spacial score (nSPS) is 11.4. The van der Waals surface area contributed by atoms with Crippen LogP contribution in [0.1, 0.15) is 35.3 Å². The van der Waals surface area contributed by atoms with Crippen LogP contribution in [0.15, 0.2) is 41.7 Å². The first-order valence-electron chi connectivity index (χ1n) is 9.43. The number of hydrogen-bond acceptors (Lipinski definition) is 7. The van der Waals surface area contributed by atoms with E-state index in [4.69, 9.17) is 39.4 Å². The van der Waals surface area contributed by atoms with Gasteiger partial charge < -0.3 is 21.5 Å². The fraction of sp³-hybridized carbons (Fsp3) is 0.238. The van der Waals surface area contributed by atoms with Crippen molar-refractivity contribution >= 4 is 40.6 Å². The number of nitrogens with one attached hydrogen (secondary N) is 1. The third-order valence-electron chi connectivity index (χ3n) is 4.60. The van der Waals surface area contributed by atoms with E-state index in [1.54, 1.807) is 38.2 Å². The highest BCUT2D eigenvalue weighted by Crippen LogP contribution is 2.30. The molecule has 0 aliphatic carbocycles. The van der Waals surface area contributed by atoms with Gasteiger partial charge in [0.25, 0.3) is 11.5 Å². The number of carbonyl (C=O) groups is 1. The Kier molecular flexibility index (Phi) is 6.85. The van der Waals surface area contributed by atoms with Crippen LogP contribution in [-0.4, -0.2) is 27.6 Å². The van der Waals surface area contributed by atoms with Crippen molar-refractivity contribution in [1.82, 2.24) is 14.5 Å². The largest absolute Gasteiger partial charge is 0.383 e. The molecule has 32 heavy (non-hydrogen) atoms. The van der Waals surface area contributed by atoms with Crippen LogP contribution in [0.4, 0.5) is 11.5 Å². The summed E-state index contributed by atoms with van der Waals surface area (Å²) >= 11 is 12.7. The van der Waals surface area contributed by atoms with Gasteiger partial charge in [-0.05, 0) is 43.2 Å². The first-order valence-corrected chi connectivity index (χ1v) is 10.2. The molecule has 0 aliphatic heterocycles. The molecule has 2 heterocycles. The van der Waals surface area contributed by atoms with Crippen LogP contribution in [0, 0.1) is 0 Å². The first-order chi connectivity index (χ1) is 15.0. The van der Waals surface area contributed by atoms with Gasteiger partial charge in [0.15, 0.2) is 0 Å². The predicted molar refractivity (Wildman–Crippen MR) is 124 cm³/mol. The van der Waals surface area contributed by atoms with Crippen LogP contribution in [0.25, 0.3) is 5.69 Å². The maximum absolute atomic E-state index is 13.2. The van der Waals surface area contributed by atoms with E-state index in [1.807, 2.05) is 0 Å². The van der Waals surface area contributed by atoms with Gasteiger partial charge in [-0.2, -0.15) is 0 Å². The molecule has 0 aliphatic rings. The molecular formula is C21H22Cl2N6O3. The van der Waals surface area contributed by atoms with Crippen molar-refractivity contribution in [3.63, 3.8) is 0 Å². The first kappa shape index (κ1) is 23.7. The molecule has 1 aromatic carbocycles. The van der Waals surface area contributed by atoms with Gasteiger partial charge in [0.2, 0.25) is 0 Å². The molecule has 0 atom stereocenters. The number of ether oxygens (including phenoxy) is 1. The summed E-state index contributed by atoms with van der Waals surface area (Å²) in [4.78, 5) is 34.2. The molecule has 0 saturated heterocycles. The lowest BCUT2D eigenvalue weighted by molar-refractivity contribution is 0.102. The fourth-order valence-electron chi connectivity index (χ4n) is 2.99. The third kappa shape index (κ3) is 4.91. The molecule has 9 nitrogen and oxygen atoms in total. The number of halogens is 2. The smallest absolute Gasteiger partial charge is 0.273 e. The average molecular weight is 477 g/mol. The van der Waals surface area contributed by atoms with Crippen molar-refractivity contribution in [2.75, 3.05) is 18.2 Å². The number of aromatic nitrogens is 3. The number of amides is 1. The highest BCUT2D eigenvalue weighted by atomic mass is 35.5. The Hall–Kier alpha value is -2.98. The SMILES string of the molecule is COCc1cc(Cl)c(-n2cnc(N)c(C(=O)Nc3cncc(C(C)(C)N)c3)c2=O)c(Cl)c1. The molecule has 0 fully saturated rings. The monoisotopic (exact) mass is 476 g/mol. The van der Waals surface area contributed by atoms with Crippen molar-refractivity contribution in [3.8, 4) is 5.69 Å². The Morgan fingerprint density at radius 1 is 1.22 bits per heavy atom. The summed E-state index contributed by atoms with van der Waals surface area (Å²) in [6.07, 6.45) is 4.19. The fourth-order valence-corrected chi connectivity index (χ4v) is 3.71. The number of hydrogen-bond donors (Lipinski definition) is 3. The molecule has 168 valence electrons. The second kappa shape index (κ2) is 9.25. The molecular weight excluding hydrogens is 455 g/mol. The molecule has 3 rings (SSSR count). The number of rotatable bonds is 6. The highest BCUT2D eigenvalue weighted by Gasteiger charge is 2.22. The number of anilines is 2. The Labute approximate surface area is 194 Å². The minimum Gasteiger partial charge on any atom is -0.383 e. The summed E-state index contributed by atoms with van der Waals surface area (Å²) in [5, 5.41) is 2.99. The standard InChI is InChI=1S/C21H22Cl2N6O3/c1-21(2,25)12-6-13(8-26-7-12)28-19(30)16-18(24)27-10-29(20(16)31)17-14(22)4-11(9-32-3)5-15(17)23/h4-8,10H,9,24-25H2,1-3H3,(H,28,30). The van der Waals surface area contributed by atoms with E-state index in [2.05, 4.69) is 15.3 Å². The molecule has 0 unspecified atom stereocenters. The van der Waals surface area contributed by atoms with Crippen LogP contribution >= 0.6 is 23.2 Å². The van der Waals surface area contributed by atoms with Gasteiger partial charge >= 0.3 is 0 Å². The van der Waals surface area contributed by atoms with Crippen LogP contribution in [0.2, 0.25) is 10.0 Å². The number of benzene rings is 1. The van der Waals surface area contributed by atoms with Crippen molar-refractivity contribution in [3.05, 3.63) is 74.0 Å². The van der Waals surface area contributed by atoms with Crippen LogP contribution in [-0.2, 0) is 16.9 Å². The lowest BCUT2D eigenvalue weighted by Crippen LogP contribution is -2.31. The van der Waals surface area contributed by atoms with E-state index < -0.39 is 17.0 Å². The molecule has 0 saturated carbocycles. The Bertz CT molecular complexity index is 1210. The van der Waals surface area contributed by atoms with E-state index in [1.165, 1.54) is 13.3 Å². The van der Waals surface area contributed by atoms with Crippen LogP contribution < -0.4 is 22.3 Å². The number of nitrogens with zero attached hydrogens (tertiary/aromatic N) is 3. The van der Waals surface area contributed by atoms with Crippen molar-refractivity contribution in [1.29, 1.82) is 0 Å². The molecule has 2 aromatic heterocycles. The maximum atomic E-state index is 13.2. The van der Waals surface area contributed by atoms with E-state index in [-0.39, 0.29) is 33.7 Å². The zero-order valence-corrected chi connectivity index (χ0v) is 19.2. The topological polar surface area (TPSA) is 138 Å². The molecule has 5 N–H and O–H groups in total. The van der Waals surface area contributed by atoms with Gasteiger partial charge in [0.1, 0.15) is 17.7 Å². The summed E-state index contributed by atoms with van der Waals surface area (Å²) in [6, 6.07) is 4.89. The molecule has 0 radical (unpaired) electrons. The number of carbonyl (C=O) groups excluding carboxylic acids is 1. The zero-order chi connectivity index (χ0) is 23.6. The lowest BCUT2D eigenvalue weighted by Gasteiger charge is -2.19. The maximum Gasteiger partial charge on any atom is 0.273 e. The zero-order valence-electron chi connectivity index (χ0n) is 17.6. The van der Waals surface area contributed by atoms with Crippen LogP contribution in [0.5, 0.6) is 0 Å². The van der Waals surface area contributed by atoms with Gasteiger partial charge in [0, 0.05) is 18.8 Å². The minimum absolute atomic E-state index is 0.174. The molecule has 1 amide bonds. The summed E-state index contributed by atoms with van der Waals surface area (Å²) in [5.74, 6) is -0.998. The Morgan fingerprint density at radius 2 is 1.88 bits per heavy atom. The summed E-state index contributed by atoms with van der Waals surface area (Å²) in [6.45, 7) is 3.90. The lowest BCUT2D eigenvalue weighted by atomic mass is 9.97. The van der Waals surface area contributed by atoms with Gasteiger partial charge in [-0.15, -0.1) is 0 Å². The predicted octanol–water partition coefficient (Wildman–Crippen LogP) is 3.11.